The van der Waals surface area contributed by atoms with Crippen LogP contribution in [0.1, 0.15) is 32.6 Å². The molecule has 4 nitrogen and oxygen atoms in total. The van der Waals surface area contributed by atoms with Gasteiger partial charge in [0.15, 0.2) is 0 Å². The maximum Gasteiger partial charge on any atom is 0.222 e. The number of amides is 1. The zero-order valence-corrected chi connectivity index (χ0v) is 8.78. The smallest absolute Gasteiger partial charge is 0.222 e. The molecule has 1 amide bonds. The van der Waals surface area contributed by atoms with Crippen LogP contribution in [0.5, 0.6) is 0 Å². The molecule has 1 saturated heterocycles. The first kappa shape index (κ1) is 11.5. The zero-order chi connectivity index (χ0) is 10.6. The third-order valence-electron chi connectivity index (χ3n) is 2.56. The van der Waals surface area contributed by atoms with E-state index < -0.39 is 0 Å². The Morgan fingerprint density at radius 1 is 1.71 bits per heavy atom. The summed E-state index contributed by atoms with van der Waals surface area (Å²) in [5.41, 5.74) is 5.58. The first-order valence-corrected chi connectivity index (χ1v) is 5.31. The number of aliphatic hydroxyl groups excluding tert-OH is 1. The summed E-state index contributed by atoms with van der Waals surface area (Å²) in [4.78, 5) is 13.4. The average molecular weight is 200 g/mol. The highest BCUT2D eigenvalue weighted by molar-refractivity contribution is 5.76. The van der Waals surface area contributed by atoms with Gasteiger partial charge in [0.1, 0.15) is 0 Å². The second-order valence-electron chi connectivity index (χ2n) is 4.15. The number of β-amino-alcohol motifs (C(OH)–C–C–N with tert-alkyl or cyclic N) is 1. The van der Waals surface area contributed by atoms with Crippen LogP contribution in [0.3, 0.4) is 0 Å². The molecule has 14 heavy (non-hydrogen) atoms. The van der Waals surface area contributed by atoms with E-state index in [4.69, 9.17) is 5.73 Å². The number of rotatable bonds is 3. The summed E-state index contributed by atoms with van der Waals surface area (Å²) in [7, 11) is 0. The topological polar surface area (TPSA) is 66.6 Å². The van der Waals surface area contributed by atoms with Crippen molar-refractivity contribution in [1.29, 1.82) is 0 Å². The number of likely N-dealkylation sites (tertiary alicyclic amines) is 1. The number of nitrogens with zero attached hydrogens (tertiary/aromatic N) is 1. The molecule has 2 atom stereocenters. The van der Waals surface area contributed by atoms with Gasteiger partial charge in [0.2, 0.25) is 5.91 Å². The number of hydrogen-bond donors (Lipinski definition) is 2. The minimum Gasteiger partial charge on any atom is -0.391 e. The van der Waals surface area contributed by atoms with Gasteiger partial charge >= 0.3 is 0 Å². The van der Waals surface area contributed by atoms with Crippen molar-refractivity contribution in [2.45, 2.75) is 44.8 Å². The Balaban J connectivity index is 2.29. The van der Waals surface area contributed by atoms with E-state index in [1.807, 2.05) is 6.92 Å². The summed E-state index contributed by atoms with van der Waals surface area (Å²) >= 11 is 0. The first-order valence-electron chi connectivity index (χ1n) is 5.31. The fourth-order valence-corrected chi connectivity index (χ4v) is 1.69. The lowest BCUT2D eigenvalue weighted by atomic mass is 10.1. The van der Waals surface area contributed by atoms with E-state index in [9.17, 15) is 9.90 Å². The highest BCUT2D eigenvalue weighted by Gasteiger charge is 2.21. The van der Waals surface area contributed by atoms with Crippen LogP contribution < -0.4 is 5.73 Å². The molecule has 82 valence electrons. The van der Waals surface area contributed by atoms with Crippen LogP contribution in [0.15, 0.2) is 0 Å². The molecule has 0 spiro atoms. The number of piperidine rings is 1. The molecule has 0 bridgehead atoms. The third-order valence-corrected chi connectivity index (χ3v) is 2.56. The molecule has 4 heteroatoms. The van der Waals surface area contributed by atoms with Crippen molar-refractivity contribution in [3.63, 3.8) is 0 Å². The van der Waals surface area contributed by atoms with E-state index in [2.05, 4.69) is 0 Å². The lowest BCUT2D eigenvalue weighted by Gasteiger charge is -2.30. The molecule has 2 unspecified atom stereocenters. The second-order valence-corrected chi connectivity index (χ2v) is 4.15. The molecule has 0 aromatic heterocycles. The Morgan fingerprint density at radius 2 is 2.43 bits per heavy atom. The minimum absolute atomic E-state index is 0.0775. The Bertz CT molecular complexity index is 195. The van der Waals surface area contributed by atoms with Crippen molar-refractivity contribution in [3.05, 3.63) is 0 Å². The van der Waals surface area contributed by atoms with E-state index in [0.29, 0.717) is 13.0 Å². The molecule has 0 aliphatic carbocycles. The van der Waals surface area contributed by atoms with Crippen molar-refractivity contribution in [1.82, 2.24) is 4.90 Å². The van der Waals surface area contributed by atoms with Crippen LogP contribution in [-0.4, -0.2) is 41.1 Å². The van der Waals surface area contributed by atoms with Crippen LogP contribution >= 0.6 is 0 Å². The number of carbonyl (C=O) groups is 1. The van der Waals surface area contributed by atoms with Crippen molar-refractivity contribution < 1.29 is 9.90 Å². The molecule has 1 aliphatic rings. The Labute approximate surface area is 85.1 Å². The van der Waals surface area contributed by atoms with Crippen LogP contribution in [0.4, 0.5) is 0 Å². The van der Waals surface area contributed by atoms with Gasteiger partial charge in [-0.1, -0.05) is 0 Å². The summed E-state index contributed by atoms with van der Waals surface area (Å²) in [6, 6.07) is 0.0775. The van der Waals surface area contributed by atoms with Gasteiger partial charge in [-0.2, -0.15) is 0 Å². The fourth-order valence-electron chi connectivity index (χ4n) is 1.69. The summed E-state index contributed by atoms with van der Waals surface area (Å²) in [6.07, 6.45) is 2.63. The van der Waals surface area contributed by atoms with Gasteiger partial charge in [-0.05, 0) is 26.2 Å². The van der Waals surface area contributed by atoms with Crippen molar-refractivity contribution in [2.75, 3.05) is 13.1 Å². The molecule has 0 radical (unpaired) electrons. The monoisotopic (exact) mass is 200 g/mol. The van der Waals surface area contributed by atoms with E-state index in [1.165, 1.54) is 0 Å². The maximum atomic E-state index is 11.6. The normalized spacial score (nSPS) is 24.8. The molecule has 1 aliphatic heterocycles. The summed E-state index contributed by atoms with van der Waals surface area (Å²) in [5.74, 6) is 0.126. The minimum atomic E-state index is -0.331. The van der Waals surface area contributed by atoms with Gasteiger partial charge in [-0.25, -0.2) is 0 Å². The van der Waals surface area contributed by atoms with Crippen LogP contribution in [-0.2, 0) is 4.79 Å². The van der Waals surface area contributed by atoms with Crippen molar-refractivity contribution in [3.8, 4) is 0 Å². The summed E-state index contributed by atoms with van der Waals surface area (Å²) in [6.45, 7) is 3.19. The molecule has 1 heterocycles. The Morgan fingerprint density at radius 3 is 3.00 bits per heavy atom. The Kier molecular flexibility index (Phi) is 4.35. The molecular weight excluding hydrogens is 180 g/mol. The SMILES string of the molecule is CC(N)CCC(=O)N1CCCC(O)C1. The fraction of sp³-hybridized carbons (Fsp3) is 0.900. The zero-order valence-electron chi connectivity index (χ0n) is 8.78. The van der Waals surface area contributed by atoms with Gasteiger partial charge in [-0.15, -0.1) is 0 Å². The molecular formula is C10H20N2O2. The van der Waals surface area contributed by atoms with Crippen LogP contribution in [0.25, 0.3) is 0 Å². The standard InChI is InChI=1S/C10H20N2O2/c1-8(11)4-5-10(14)12-6-2-3-9(13)7-12/h8-9,13H,2-7,11H2,1H3. The van der Waals surface area contributed by atoms with Gasteiger partial charge in [0.25, 0.3) is 0 Å². The third kappa shape index (κ3) is 3.64. The summed E-state index contributed by atoms with van der Waals surface area (Å²) < 4.78 is 0. The molecule has 1 fully saturated rings. The average Bonchev–Trinajstić information content (AvgIpc) is 2.14. The number of carbonyl (C=O) groups excluding carboxylic acids is 1. The van der Waals surface area contributed by atoms with Gasteiger partial charge in [-0.3, -0.25) is 4.79 Å². The summed E-state index contributed by atoms with van der Waals surface area (Å²) in [5, 5.41) is 9.39. The van der Waals surface area contributed by atoms with Gasteiger partial charge in [0, 0.05) is 25.6 Å². The highest BCUT2D eigenvalue weighted by Crippen LogP contribution is 2.11. The molecule has 1 rings (SSSR count). The second kappa shape index (κ2) is 5.32. The van der Waals surface area contributed by atoms with E-state index in [0.717, 1.165) is 25.8 Å². The molecule has 0 saturated carbocycles. The van der Waals surface area contributed by atoms with Crippen molar-refractivity contribution >= 4 is 5.91 Å². The van der Waals surface area contributed by atoms with E-state index in [-0.39, 0.29) is 18.1 Å². The number of nitrogens with two attached hydrogens (primary N) is 1. The largest absolute Gasteiger partial charge is 0.391 e. The van der Waals surface area contributed by atoms with E-state index >= 15 is 0 Å². The van der Waals surface area contributed by atoms with E-state index in [1.54, 1.807) is 4.90 Å². The first-order chi connectivity index (χ1) is 6.59. The quantitative estimate of drug-likeness (QED) is 0.679. The number of aliphatic hydroxyl groups is 1. The highest BCUT2D eigenvalue weighted by atomic mass is 16.3. The lowest BCUT2D eigenvalue weighted by Crippen LogP contribution is -2.42. The lowest BCUT2D eigenvalue weighted by molar-refractivity contribution is -0.134. The van der Waals surface area contributed by atoms with Gasteiger partial charge in [0.05, 0.1) is 6.10 Å². The molecule has 3 N–H and O–H groups in total. The predicted molar refractivity (Wildman–Crippen MR) is 54.7 cm³/mol. The van der Waals surface area contributed by atoms with Crippen LogP contribution in [0, 0.1) is 0 Å². The number of hydrogen-bond acceptors (Lipinski definition) is 3. The molecule has 0 aromatic carbocycles. The predicted octanol–water partition coefficient (Wildman–Crippen LogP) is 0.0971. The molecule has 0 aromatic rings. The van der Waals surface area contributed by atoms with Gasteiger partial charge < -0.3 is 15.7 Å². The van der Waals surface area contributed by atoms with Crippen LogP contribution in [0.2, 0.25) is 0 Å². The van der Waals surface area contributed by atoms with Crippen molar-refractivity contribution in [2.24, 2.45) is 5.73 Å². The Hall–Kier alpha value is -0.610. The maximum absolute atomic E-state index is 11.6.